The van der Waals surface area contributed by atoms with Gasteiger partial charge in [-0.2, -0.15) is 0 Å². The molecule has 2 atom stereocenters. The number of ketones is 1. The van der Waals surface area contributed by atoms with Crippen LogP contribution in [-0.4, -0.2) is 43.7 Å². The summed E-state index contributed by atoms with van der Waals surface area (Å²) in [7, 11) is -1.51. The second kappa shape index (κ2) is 7.78. The van der Waals surface area contributed by atoms with Gasteiger partial charge in [-0.1, -0.05) is 20.8 Å². The Morgan fingerprint density at radius 2 is 1.72 bits per heavy atom. The molecule has 0 saturated carbocycles. The molecule has 5 nitrogen and oxygen atoms in total. The molecule has 1 aliphatic heterocycles. The number of piperidine rings is 1. The van der Waals surface area contributed by atoms with Crippen molar-refractivity contribution in [2.24, 2.45) is 11.3 Å². The van der Waals surface area contributed by atoms with Crippen LogP contribution < -0.4 is 0 Å². The van der Waals surface area contributed by atoms with E-state index < -0.39 is 20.4 Å². The van der Waals surface area contributed by atoms with Gasteiger partial charge in [-0.25, -0.2) is 4.79 Å². The Morgan fingerprint density at radius 1 is 1.16 bits per heavy atom. The van der Waals surface area contributed by atoms with Crippen LogP contribution in [0.4, 0.5) is 4.79 Å². The average Bonchev–Trinajstić information content (AvgIpc) is 2.32. The normalized spacial score (nSPS) is 25.2. The number of ether oxygens (including phenoxy) is 1. The first-order valence-corrected chi connectivity index (χ1v) is 12.1. The van der Waals surface area contributed by atoms with E-state index in [0.29, 0.717) is 6.54 Å². The summed E-state index contributed by atoms with van der Waals surface area (Å²) in [6, 6.07) is 0. The van der Waals surface area contributed by atoms with Crippen molar-refractivity contribution in [2.75, 3.05) is 6.54 Å². The fourth-order valence-electron chi connectivity index (χ4n) is 3.90. The fraction of sp³-hybridized carbons (Fsp3) is 0.895. The Labute approximate surface area is 155 Å². The van der Waals surface area contributed by atoms with Crippen LogP contribution >= 0.6 is 0 Å². The molecule has 1 aliphatic rings. The highest BCUT2D eigenvalue weighted by atomic mass is 28.3. The lowest BCUT2D eigenvalue weighted by Gasteiger charge is -2.55. The highest BCUT2D eigenvalue weighted by molar-refractivity contribution is 6.48. The molecule has 1 fully saturated rings. The quantitative estimate of drug-likeness (QED) is 0.689. The van der Waals surface area contributed by atoms with Crippen molar-refractivity contribution < 1.29 is 18.8 Å². The second-order valence-electron chi connectivity index (χ2n) is 9.58. The zero-order valence-corrected chi connectivity index (χ0v) is 18.7. The monoisotopic (exact) mass is 371 g/mol. The predicted octanol–water partition coefficient (Wildman–Crippen LogP) is 4.36. The van der Waals surface area contributed by atoms with Crippen LogP contribution in [0.1, 0.15) is 67.7 Å². The average molecular weight is 372 g/mol. The summed E-state index contributed by atoms with van der Waals surface area (Å²) in [4.78, 5) is 26.9. The maximum atomic E-state index is 13.0. The summed E-state index contributed by atoms with van der Waals surface area (Å²) >= 11 is 0. The molecule has 1 saturated heterocycles. The Balaban J connectivity index is 3.42. The van der Waals surface area contributed by atoms with Gasteiger partial charge in [0.2, 0.25) is 0 Å². The molecule has 0 unspecified atom stereocenters. The summed E-state index contributed by atoms with van der Waals surface area (Å²) in [5, 5.41) is 0. The molecular weight excluding hydrogens is 334 g/mol. The molecular formula is C19H37NO4Si. The van der Waals surface area contributed by atoms with E-state index in [1.807, 2.05) is 20.8 Å². The molecule has 0 aromatic rings. The van der Waals surface area contributed by atoms with Gasteiger partial charge in [0.1, 0.15) is 17.1 Å². The summed E-state index contributed by atoms with van der Waals surface area (Å²) in [5.41, 5.74) is -1.56. The number of hydrogen-bond acceptors (Lipinski definition) is 4. The van der Waals surface area contributed by atoms with E-state index in [1.165, 1.54) is 0 Å². The van der Waals surface area contributed by atoms with Crippen LogP contribution in [0.2, 0.25) is 13.1 Å². The van der Waals surface area contributed by atoms with Crippen molar-refractivity contribution in [1.29, 1.82) is 0 Å². The van der Waals surface area contributed by atoms with Crippen molar-refractivity contribution in [1.82, 2.24) is 4.90 Å². The molecule has 0 spiro atoms. The van der Waals surface area contributed by atoms with Crippen LogP contribution in [0.25, 0.3) is 0 Å². The lowest BCUT2D eigenvalue weighted by molar-refractivity contribution is -0.177. The Morgan fingerprint density at radius 3 is 2.12 bits per heavy atom. The SMILES string of the molecule is CC(=O)C[C@]1(O[SiH](C)C)[C@@H](C(C)(C)C)CCCN1C(=O)OC(C)(C)C. The van der Waals surface area contributed by atoms with Gasteiger partial charge in [0.25, 0.3) is 0 Å². The van der Waals surface area contributed by atoms with Gasteiger partial charge in [0.15, 0.2) is 9.04 Å². The van der Waals surface area contributed by atoms with Crippen molar-refractivity contribution >= 4 is 20.9 Å². The minimum absolute atomic E-state index is 0.0411. The molecule has 0 aromatic heterocycles. The number of nitrogens with zero attached hydrogens (tertiary/aromatic N) is 1. The standard InChI is InChI=1S/C19H37NO4Si/c1-14(21)13-19(24-25(8)9)15(17(2,3)4)11-10-12-20(19)16(22)23-18(5,6)7/h15,25H,10-13H2,1-9H3/t15-,19+/m1/s1. The minimum Gasteiger partial charge on any atom is -0.444 e. The molecule has 1 amide bonds. The fourth-order valence-corrected chi connectivity index (χ4v) is 5.09. The summed E-state index contributed by atoms with van der Waals surface area (Å²) in [6.07, 6.45) is 1.68. The van der Waals surface area contributed by atoms with Crippen molar-refractivity contribution in [2.45, 2.75) is 92.1 Å². The Kier molecular flexibility index (Phi) is 6.90. The second-order valence-corrected chi connectivity index (χ2v) is 11.9. The highest BCUT2D eigenvalue weighted by Crippen LogP contribution is 2.47. The van der Waals surface area contributed by atoms with Gasteiger partial charge in [-0.3, -0.25) is 9.69 Å². The molecule has 6 heteroatoms. The lowest BCUT2D eigenvalue weighted by Crippen LogP contribution is -2.65. The number of rotatable bonds is 4. The van der Waals surface area contributed by atoms with E-state index in [9.17, 15) is 9.59 Å². The molecule has 25 heavy (non-hydrogen) atoms. The molecule has 0 aliphatic carbocycles. The van der Waals surface area contributed by atoms with Crippen molar-refractivity contribution in [3.05, 3.63) is 0 Å². The number of Topliss-reactive ketones (excluding diaryl/α,β-unsaturated/α-hetero) is 1. The van der Waals surface area contributed by atoms with Gasteiger partial charge in [0.05, 0.1) is 6.42 Å². The molecule has 1 heterocycles. The first-order valence-electron chi connectivity index (χ1n) is 9.37. The van der Waals surface area contributed by atoms with E-state index in [2.05, 4.69) is 33.9 Å². The van der Waals surface area contributed by atoms with E-state index in [4.69, 9.17) is 9.16 Å². The first kappa shape index (κ1) is 22.2. The van der Waals surface area contributed by atoms with Crippen LogP contribution in [0.5, 0.6) is 0 Å². The van der Waals surface area contributed by atoms with E-state index in [-0.39, 0.29) is 29.6 Å². The Bertz CT molecular complexity index is 493. The maximum absolute atomic E-state index is 13.0. The molecule has 146 valence electrons. The first-order chi connectivity index (χ1) is 11.2. The van der Waals surface area contributed by atoms with Gasteiger partial charge in [-0.15, -0.1) is 0 Å². The molecule has 1 rings (SSSR count). The highest BCUT2D eigenvalue weighted by Gasteiger charge is 2.55. The van der Waals surface area contributed by atoms with Gasteiger partial charge in [0, 0.05) is 12.5 Å². The summed E-state index contributed by atoms with van der Waals surface area (Å²) < 4.78 is 12.2. The lowest BCUT2D eigenvalue weighted by atomic mass is 9.68. The number of carbonyl (C=O) groups is 2. The zero-order valence-electron chi connectivity index (χ0n) is 17.6. The van der Waals surface area contributed by atoms with Crippen LogP contribution in [0, 0.1) is 11.3 Å². The summed E-state index contributed by atoms with van der Waals surface area (Å²) in [6.45, 7) is 18.4. The number of hydrogen-bond donors (Lipinski definition) is 0. The van der Waals surface area contributed by atoms with Crippen LogP contribution in [0.3, 0.4) is 0 Å². The van der Waals surface area contributed by atoms with Crippen LogP contribution in [0.15, 0.2) is 0 Å². The van der Waals surface area contributed by atoms with E-state index in [1.54, 1.807) is 11.8 Å². The molecule has 0 N–H and O–H groups in total. The number of likely N-dealkylation sites (tertiary alicyclic amines) is 1. The predicted molar refractivity (Wildman–Crippen MR) is 103 cm³/mol. The van der Waals surface area contributed by atoms with Gasteiger partial charge in [-0.05, 0) is 59.0 Å². The molecule has 0 radical (unpaired) electrons. The smallest absolute Gasteiger partial charge is 0.412 e. The molecule has 0 aromatic carbocycles. The third-order valence-corrected chi connectivity index (χ3v) is 5.36. The number of carbonyl (C=O) groups excluding carboxylic acids is 2. The molecule has 0 bridgehead atoms. The van der Waals surface area contributed by atoms with Gasteiger partial charge >= 0.3 is 6.09 Å². The maximum Gasteiger partial charge on any atom is 0.412 e. The minimum atomic E-state index is -1.51. The van der Waals surface area contributed by atoms with Crippen LogP contribution in [-0.2, 0) is 14.0 Å². The zero-order chi connectivity index (χ0) is 19.6. The van der Waals surface area contributed by atoms with Gasteiger partial charge < -0.3 is 9.16 Å². The van der Waals surface area contributed by atoms with E-state index >= 15 is 0 Å². The largest absolute Gasteiger partial charge is 0.444 e. The van der Waals surface area contributed by atoms with Crippen molar-refractivity contribution in [3.8, 4) is 0 Å². The Hall–Kier alpha value is -0.883. The van der Waals surface area contributed by atoms with E-state index in [0.717, 1.165) is 12.8 Å². The third-order valence-electron chi connectivity index (χ3n) is 4.48. The number of amides is 1. The van der Waals surface area contributed by atoms with Crippen molar-refractivity contribution in [3.63, 3.8) is 0 Å². The summed E-state index contributed by atoms with van der Waals surface area (Å²) in [5.74, 6) is 0.124. The third kappa shape index (κ3) is 5.81. The topological polar surface area (TPSA) is 55.8 Å².